The Balaban J connectivity index is 1.51. The molecule has 3 aromatic rings. The fourth-order valence-electron chi connectivity index (χ4n) is 4.67. The average Bonchev–Trinajstić information content (AvgIpc) is 3.18. The van der Waals surface area contributed by atoms with E-state index in [2.05, 4.69) is 0 Å². The van der Waals surface area contributed by atoms with Gasteiger partial charge in [0.05, 0.1) is 24.1 Å². The summed E-state index contributed by atoms with van der Waals surface area (Å²) in [5.41, 5.74) is 7.89. The first kappa shape index (κ1) is 25.9. The Hall–Kier alpha value is -3.70. The van der Waals surface area contributed by atoms with Crippen LogP contribution in [0.5, 0.6) is 5.75 Å². The van der Waals surface area contributed by atoms with Crippen LogP contribution in [0.1, 0.15) is 29.5 Å². The van der Waals surface area contributed by atoms with E-state index in [1.165, 1.54) is 21.1 Å². The van der Waals surface area contributed by atoms with Gasteiger partial charge < -0.3 is 15.4 Å². The Morgan fingerprint density at radius 3 is 2.55 bits per heavy atom. The monoisotopic (exact) mass is 549 g/mol. The van der Waals surface area contributed by atoms with Crippen LogP contribution in [0, 0.1) is 12.8 Å². The van der Waals surface area contributed by atoms with Crippen LogP contribution in [-0.2, 0) is 16.1 Å². The molecule has 0 aliphatic carbocycles. The van der Waals surface area contributed by atoms with Gasteiger partial charge in [-0.05, 0) is 55.2 Å². The Bertz CT molecular complexity index is 1520. The lowest BCUT2D eigenvalue weighted by Crippen LogP contribution is -2.40. The van der Waals surface area contributed by atoms with Crippen molar-refractivity contribution in [3.05, 3.63) is 74.5 Å². The third-order valence-corrected chi connectivity index (χ3v) is 8.21. The molecule has 38 heavy (non-hydrogen) atoms. The molecule has 2 aliphatic heterocycles. The van der Waals surface area contributed by atoms with Crippen molar-refractivity contribution in [3.8, 4) is 5.75 Å². The maximum atomic E-state index is 13.7. The summed E-state index contributed by atoms with van der Waals surface area (Å²) >= 11 is 6.70. The quantitative estimate of drug-likeness (QED) is 0.369. The summed E-state index contributed by atoms with van der Waals surface area (Å²) in [5, 5.41) is 0. The number of fused-ring (bicyclic) bond motifs is 1. The average molecular weight is 550 g/mol. The van der Waals surface area contributed by atoms with E-state index in [9.17, 15) is 14.4 Å². The molecule has 11 heteroatoms. The van der Waals surface area contributed by atoms with Crippen molar-refractivity contribution in [3.63, 3.8) is 0 Å². The molecule has 0 spiro atoms. The second kappa shape index (κ2) is 10.6. The summed E-state index contributed by atoms with van der Waals surface area (Å²) in [5.74, 6) is 0.441. The van der Waals surface area contributed by atoms with Crippen molar-refractivity contribution in [2.75, 3.05) is 25.1 Å². The van der Waals surface area contributed by atoms with Crippen LogP contribution in [0.25, 0.3) is 11.7 Å². The molecule has 2 aliphatic rings. The molecule has 5 rings (SSSR count). The minimum absolute atomic E-state index is 0.201. The molecule has 0 atom stereocenters. The number of amides is 2. The number of methoxy groups -OCH3 is 1. The summed E-state index contributed by atoms with van der Waals surface area (Å²) in [7, 11) is 1.60. The largest absolute Gasteiger partial charge is 0.497 e. The first-order valence-corrected chi connectivity index (χ1v) is 13.4. The number of thiocarbonyl (C=S) groups is 1. The maximum absolute atomic E-state index is 13.7. The number of hydrogen-bond donors (Lipinski definition) is 1. The summed E-state index contributed by atoms with van der Waals surface area (Å²) in [6, 6.07) is 11.1. The van der Waals surface area contributed by atoms with E-state index >= 15 is 0 Å². The first-order valence-electron chi connectivity index (χ1n) is 12.2. The number of thioether (sulfide) groups is 1. The maximum Gasteiger partial charge on any atom is 0.267 e. The van der Waals surface area contributed by atoms with Gasteiger partial charge in [0.2, 0.25) is 5.91 Å². The van der Waals surface area contributed by atoms with Crippen molar-refractivity contribution in [2.45, 2.75) is 26.3 Å². The van der Waals surface area contributed by atoms with Gasteiger partial charge in [0.15, 0.2) is 0 Å². The molecular formula is C27H27N5O4S2. The number of nitrogens with zero attached hydrogens (tertiary/aromatic N) is 4. The van der Waals surface area contributed by atoms with Crippen LogP contribution in [0.3, 0.4) is 0 Å². The van der Waals surface area contributed by atoms with Crippen molar-refractivity contribution in [2.24, 2.45) is 11.7 Å². The number of aryl methyl sites for hydroxylation is 1. The molecule has 4 heterocycles. The minimum Gasteiger partial charge on any atom is -0.497 e. The number of carbonyl (C=O) groups is 2. The van der Waals surface area contributed by atoms with E-state index in [-0.39, 0.29) is 23.3 Å². The third kappa shape index (κ3) is 5.03. The molecular weight excluding hydrogens is 522 g/mol. The second-order valence-corrected chi connectivity index (χ2v) is 11.0. The number of pyridine rings is 1. The van der Waals surface area contributed by atoms with E-state index in [0.29, 0.717) is 58.7 Å². The molecule has 0 saturated carbocycles. The van der Waals surface area contributed by atoms with Gasteiger partial charge in [-0.25, -0.2) is 4.98 Å². The van der Waals surface area contributed by atoms with Crippen molar-refractivity contribution < 1.29 is 14.3 Å². The number of ether oxygens (including phenoxy) is 1. The SMILES string of the molecule is COc1ccc(CN2C(=O)C(=Cc3c(N4CCC(C(N)=O)CC4)nc4ccc(C)cn4c3=O)SC2=S)cc1. The molecule has 2 fully saturated rings. The van der Waals surface area contributed by atoms with Gasteiger partial charge >= 0.3 is 0 Å². The fourth-order valence-corrected chi connectivity index (χ4v) is 5.91. The molecule has 0 bridgehead atoms. The lowest BCUT2D eigenvalue weighted by atomic mass is 9.96. The van der Waals surface area contributed by atoms with Crippen LogP contribution < -0.4 is 20.9 Å². The highest BCUT2D eigenvalue weighted by Crippen LogP contribution is 2.35. The summed E-state index contributed by atoms with van der Waals surface area (Å²) in [6.45, 7) is 3.27. The highest BCUT2D eigenvalue weighted by molar-refractivity contribution is 8.26. The number of hydrogen-bond acceptors (Lipinski definition) is 8. The molecule has 2 aromatic heterocycles. The number of carbonyl (C=O) groups excluding carboxylic acids is 2. The second-order valence-electron chi connectivity index (χ2n) is 9.37. The molecule has 2 saturated heterocycles. The van der Waals surface area contributed by atoms with Gasteiger partial charge in [-0.15, -0.1) is 0 Å². The molecule has 1 aromatic carbocycles. The van der Waals surface area contributed by atoms with E-state index < -0.39 is 0 Å². The number of piperidine rings is 1. The number of benzene rings is 1. The van der Waals surface area contributed by atoms with Gasteiger partial charge in [-0.1, -0.05) is 42.2 Å². The summed E-state index contributed by atoms with van der Waals surface area (Å²) in [4.78, 5) is 47.5. The number of aromatic nitrogens is 2. The predicted octanol–water partition coefficient (Wildman–Crippen LogP) is 3.11. The predicted molar refractivity (Wildman–Crippen MR) is 152 cm³/mol. The van der Waals surface area contributed by atoms with Crippen LogP contribution in [0.15, 0.2) is 52.3 Å². The number of anilines is 1. The highest BCUT2D eigenvalue weighted by Gasteiger charge is 2.33. The molecule has 9 nitrogen and oxygen atoms in total. The van der Waals surface area contributed by atoms with E-state index in [0.717, 1.165) is 16.9 Å². The Morgan fingerprint density at radius 2 is 1.89 bits per heavy atom. The Kier molecular flexibility index (Phi) is 7.22. The molecule has 196 valence electrons. The van der Waals surface area contributed by atoms with Gasteiger partial charge in [0, 0.05) is 25.2 Å². The Morgan fingerprint density at radius 1 is 1.18 bits per heavy atom. The standard InChI is InChI=1S/C27H27N5O4S2/c1-16-3-8-22-29-24(30-11-9-18(10-12-30)23(28)33)20(25(34)31(22)14-16)13-21-26(35)32(27(37)38-21)15-17-4-6-19(36-2)7-5-17/h3-8,13-14,18H,9-12,15H2,1-2H3,(H2,28,33). The lowest BCUT2D eigenvalue weighted by Gasteiger charge is -2.32. The zero-order valence-electron chi connectivity index (χ0n) is 21.0. The lowest BCUT2D eigenvalue weighted by molar-refractivity contribution is -0.123. The van der Waals surface area contributed by atoms with E-state index in [1.807, 2.05) is 42.2 Å². The normalized spacial score (nSPS) is 17.6. The van der Waals surface area contributed by atoms with Crippen molar-refractivity contribution in [1.82, 2.24) is 14.3 Å². The van der Waals surface area contributed by atoms with Gasteiger partial charge in [-0.2, -0.15) is 0 Å². The van der Waals surface area contributed by atoms with E-state index in [1.54, 1.807) is 25.4 Å². The summed E-state index contributed by atoms with van der Waals surface area (Å²) < 4.78 is 7.13. The number of nitrogens with two attached hydrogens (primary N) is 1. The number of rotatable bonds is 6. The smallest absolute Gasteiger partial charge is 0.267 e. The van der Waals surface area contributed by atoms with Crippen molar-refractivity contribution in [1.29, 1.82) is 0 Å². The molecule has 2 N–H and O–H groups in total. The molecule has 0 radical (unpaired) electrons. The first-order chi connectivity index (χ1) is 18.2. The van der Waals surface area contributed by atoms with E-state index in [4.69, 9.17) is 27.7 Å². The fraction of sp³-hybridized carbons (Fsp3) is 0.296. The Labute approximate surface area is 229 Å². The topological polar surface area (TPSA) is 110 Å². The van der Waals surface area contributed by atoms with Crippen LogP contribution >= 0.6 is 24.0 Å². The zero-order valence-corrected chi connectivity index (χ0v) is 22.7. The van der Waals surface area contributed by atoms with Gasteiger partial charge in [0.25, 0.3) is 11.5 Å². The minimum atomic E-state index is -0.313. The molecule has 2 amide bonds. The van der Waals surface area contributed by atoms with Crippen LogP contribution in [0.4, 0.5) is 5.82 Å². The summed E-state index contributed by atoms with van der Waals surface area (Å²) in [6.07, 6.45) is 4.49. The zero-order chi connectivity index (χ0) is 27.0. The van der Waals surface area contributed by atoms with Gasteiger partial charge in [-0.3, -0.25) is 23.7 Å². The number of primary amides is 1. The van der Waals surface area contributed by atoms with Gasteiger partial charge in [0.1, 0.15) is 21.5 Å². The molecule has 0 unspecified atom stereocenters. The third-order valence-electron chi connectivity index (χ3n) is 6.83. The van der Waals surface area contributed by atoms with Crippen LogP contribution in [0.2, 0.25) is 0 Å². The van der Waals surface area contributed by atoms with Crippen molar-refractivity contribution >= 4 is 57.7 Å². The van der Waals surface area contributed by atoms with Crippen LogP contribution in [-0.4, -0.2) is 50.6 Å². The highest BCUT2D eigenvalue weighted by atomic mass is 32.2.